The minimum absolute atomic E-state index is 0.0119. The monoisotopic (exact) mass is 477 g/mol. The van der Waals surface area contributed by atoms with Crippen LogP contribution in [0.4, 0.5) is 4.39 Å². The summed E-state index contributed by atoms with van der Waals surface area (Å²) in [5.41, 5.74) is 4.14. The lowest BCUT2D eigenvalue weighted by Crippen LogP contribution is -2.31. The topological polar surface area (TPSA) is 77.2 Å². The van der Waals surface area contributed by atoms with Gasteiger partial charge in [0.05, 0.1) is 34.1 Å². The highest BCUT2D eigenvalue weighted by atomic mass is 32.1. The molecule has 6 nitrogen and oxygen atoms in total. The van der Waals surface area contributed by atoms with Gasteiger partial charge in [0.15, 0.2) is 0 Å². The van der Waals surface area contributed by atoms with E-state index in [1.165, 1.54) is 23.5 Å². The van der Waals surface area contributed by atoms with Crippen LogP contribution in [0.3, 0.4) is 0 Å². The second-order valence-electron chi connectivity index (χ2n) is 8.67. The number of fused-ring (bicyclic) bond motifs is 1. The molecule has 4 aromatic rings. The van der Waals surface area contributed by atoms with E-state index < -0.39 is 18.2 Å². The SMILES string of the molecule is CC(C)c1nn(-c2nc3ccccc3s2)c(-c2ccc(F)cc2)c1/C=C/C1CC(O)CC(=O)O1. The molecule has 1 aliphatic rings. The summed E-state index contributed by atoms with van der Waals surface area (Å²) in [5.74, 6) is -0.644. The summed E-state index contributed by atoms with van der Waals surface area (Å²) in [6, 6.07) is 14.2. The molecular weight excluding hydrogens is 453 g/mol. The Morgan fingerprint density at radius 2 is 1.97 bits per heavy atom. The van der Waals surface area contributed by atoms with Gasteiger partial charge in [-0.25, -0.2) is 14.1 Å². The van der Waals surface area contributed by atoms with Gasteiger partial charge in [-0.15, -0.1) is 0 Å². The molecule has 0 saturated carbocycles. The fraction of sp³-hybridized carbons (Fsp3) is 0.269. The summed E-state index contributed by atoms with van der Waals surface area (Å²) in [4.78, 5) is 16.6. The largest absolute Gasteiger partial charge is 0.458 e. The number of aliphatic hydroxyl groups is 1. The zero-order valence-corrected chi connectivity index (χ0v) is 19.6. The van der Waals surface area contributed by atoms with Gasteiger partial charge in [0.1, 0.15) is 11.9 Å². The number of aliphatic hydroxyl groups excluding tert-OH is 1. The summed E-state index contributed by atoms with van der Waals surface area (Å²) in [6.45, 7) is 4.11. The van der Waals surface area contributed by atoms with Crippen molar-refractivity contribution in [2.75, 3.05) is 0 Å². The number of carbonyl (C=O) groups excluding carboxylic acids is 1. The Morgan fingerprint density at radius 3 is 2.68 bits per heavy atom. The van der Waals surface area contributed by atoms with Crippen LogP contribution in [0.2, 0.25) is 0 Å². The third-order valence-corrected chi connectivity index (χ3v) is 6.76. The number of cyclic esters (lactones) is 1. The van der Waals surface area contributed by atoms with Gasteiger partial charge in [-0.05, 0) is 48.4 Å². The summed E-state index contributed by atoms with van der Waals surface area (Å²) in [6.07, 6.45) is 2.79. The predicted octanol–water partition coefficient (Wildman–Crippen LogP) is 5.49. The average molecular weight is 478 g/mol. The van der Waals surface area contributed by atoms with E-state index in [9.17, 15) is 14.3 Å². The number of esters is 1. The third-order valence-electron chi connectivity index (χ3n) is 5.75. The van der Waals surface area contributed by atoms with Crippen LogP contribution in [0.5, 0.6) is 0 Å². The fourth-order valence-electron chi connectivity index (χ4n) is 4.14. The molecule has 0 spiro atoms. The summed E-state index contributed by atoms with van der Waals surface area (Å²) >= 11 is 1.53. The number of hydrogen-bond acceptors (Lipinski definition) is 6. The zero-order valence-electron chi connectivity index (χ0n) is 18.8. The van der Waals surface area contributed by atoms with E-state index in [-0.39, 0.29) is 18.2 Å². The van der Waals surface area contributed by atoms with Gasteiger partial charge in [0.25, 0.3) is 0 Å². The molecule has 2 aromatic heterocycles. The number of halogens is 1. The van der Waals surface area contributed by atoms with Crippen molar-refractivity contribution in [1.29, 1.82) is 0 Å². The molecule has 2 unspecified atom stereocenters. The Hall–Kier alpha value is -3.36. The van der Waals surface area contributed by atoms with Gasteiger partial charge in [-0.2, -0.15) is 5.10 Å². The summed E-state index contributed by atoms with van der Waals surface area (Å²) in [7, 11) is 0. The van der Waals surface area contributed by atoms with Crippen LogP contribution < -0.4 is 0 Å². The highest BCUT2D eigenvalue weighted by molar-refractivity contribution is 7.20. The minimum atomic E-state index is -0.720. The fourth-order valence-corrected chi connectivity index (χ4v) is 5.07. The molecule has 1 aliphatic heterocycles. The summed E-state index contributed by atoms with van der Waals surface area (Å²) < 4.78 is 22.0. The number of aromatic nitrogens is 3. The Bertz CT molecular complexity index is 1340. The average Bonchev–Trinajstić information content (AvgIpc) is 3.39. The third kappa shape index (κ3) is 4.38. The standard InChI is InChI=1S/C26H24FN3O3S/c1-15(2)24-20(12-11-19-13-18(31)14-23(32)33-19)25(16-7-9-17(27)10-8-16)30(29-24)26-28-21-5-3-4-6-22(21)34-26/h3-12,15,18-19,31H,13-14H2,1-2H3/b12-11+. The van der Waals surface area contributed by atoms with Crippen LogP contribution >= 0.6 is 11.3 Å². The van der Waals surface area contributed by atoms with Gasteiger partial charge < -0.3 is 9.84 Å². The van der Waals surface area contributed by atoms with Gasteiger partial charge in [0, 0.05) is 17.5 Å². The minimum Gasteiger partial charge on any atom is -0.458 e. The number of ether oxygens (including phenoxy) is 1. The first-order valence-corrected chi connectivity index (χ1v) is 12.0. The van der Waals surface area contributed by atoms with Crippen LogP contribution in [0, 0.1) is 5.82 Å². The number of rotatable bonds is 5. The van der Waals surface area contributed by atoms with Crippen molar-refractivity contribution in [2.24, 2.45) is 0 Å². The van der Waals surface area contributed by atoms with Gasteiger partial charge in [-0.1, -0.05) is 43.4 Å². The first kappa shape index (κ1) is 22.4. The van der Waals surface area contributed by atoms with Crippen molar-refractivity contribution in [3.63, 3.8) is 0 Å². The smallest absolute Gasteiger partial charge is 0.309 e. The molecule has 0 aliphatic carbocycles. The Labute approximate surface area is 200 Å². The lowest BCUT2D eigenvalue weighted by atomic mass is 9.98. The predicted molar refractivity (Wildman–Crippen MR) is 130 cm³/mol. The van der Waals surface area contributed by atoms with Gasteiger partial charge >= 0.3 is 5.97 Å². The Kier molecular flexibility index (Phi) is 6.02. The molecule has 0 bridgehead atoms. The number of benzene rings is 2. The van der Waals surface area contributed by atoms with Gasteiger partial charge in [0.2, 0.25) is 5.13 Å². The van der Waals surface area contributed by atoms with E-state index >= 15 is 0 Å². The molecule has 2 atom stereocenters. The van der Waals surface area contributed by atoms with Crippen LogP contribution in [-0.4, -0.2) is 38.0 Å². The molecule has 8 heteroatoms. The first-order valence-electron chi connectivity index (χ1n) is 11.2. The van der Waals surface area contributed by atoms with Crippen LogP contribution in [0.1, 0.15) is 43.9 Å². The van der Waals surface area contributed by atoms with Crippen molar-refractivity contribution in [2.45, 2.75) is 44.8 Å². The Balaban J connectivity index is 1.68. The maximum absolute atomic E-state index is 13.7. The molecule has 2 aromatic carbocycles. The van der Waals surface area contributed by atoms with Crippen LogP contribution in [0.15, 0.2) is 54.6 Å². The van der Waals surface area contributed by atoms with E-state index in [1.807, 2.05) is 35.0 Å². The van der Waals surface area contributed by atoms with E-state index in [0.717, 1.165) is 32.7 Å². The van der Waals surface area contributed by atoms with Crippen molar-refractivity contribution < 1.29 is 19.0 Å². The molecule has 0 radical (unpaired) electrons. The number of para-hydroxylation sites is 1. The molecule has 1 fully saturated rings. The maximum atomic E-state index is 13.7. The molecule has 5 rings (SSSR count). The molecule has 3 heterocycles. The second-order valence-corrected chi connectivity index (χ2v) is 9.68. The Morgan fingerprint density at radius 1 is 1.21 bits per heavy atom. The highest BCUT2D eigenvalue weighted by Gasteiger charge is 2.27. The summed E-state index contributed by atoms with van der Waals surface area (Å²) in [5, 5.41) is 15.6. The van der Waals surface area contributed by atoms with Crippen molar-refractivity contribution >= 4 is 33.6 Å². The molecular formula is C26H24FN3O3S. The quantitative estimate of drug-likeness (QED) is 0.385. The van der Waals surface area contributed by atoms with Crippen molar-refractivity contribution in [1.82, 2.24) is 14.8 Å². The molecule has 0 amide bonds. The van der Waals surface area contributed by atoms with Gasteiger partial charge in [-0.3, -0.25) is 4.79 Å². The number of thiazole rings is 1. The van der Waals surface area contributed by atoms with Crippen LogP contribution in [0.25, 0.3) is 32.7 Å². The number of hydrogen-bond donors (Lipinski definition) is 1. The van der Waals surface area contributed by atoms with E-state index in [2.05, 4.69) is 13.8 Å². The van der Waals surface area contributed by atoms with Crippen LogP contribution in [-0.2, 0) is 9.53 Å². The second kappa shape index (κ2) is 9.12. The molecule has 1 saturated heterocycles. The maximum Gasteiger partial charge on any atom is 0.309 e. The van der Waals surface area contributed by atoms with Crippen molar-refractivity contribution in [3.8, 4) is 16.4 Å². The van der Waals surface area contributed by atoms with E-state index in [4.69, 9.17) is 14.8 Å². The van der Waals surface area contributed by atoms with Crippen molar-refractivity contribution in [3.05, 3.63) is 71.7 Å². The molecule has 34 heavy (non-hydrogen) atoms. The normalized spacial score (nSPS) is 18.8. The molecule has 1 N–H and O–H groups in total. The highest BCUT2D eigenvalue weighted by Crippen LogP contribution is 2.36. The van der Waals surface area contributed by atoms with E-state index in [1.54, 1.807) is 18.2 Å². The lowest BCUT2D eigenvalue weighted by Gasteiger charge is -2.23. The zero-order chi connectivity index (χ0) is 23.8. The van der Waals surface area contributed by atoms with E-state index in [0.29, 0.717) is 11.6 Å². The first-order chi connectivity index (χ1) is 16.4. The lowest BCUT2D eigenvalue weighted by molar-refractivity contribution is -0.156. The molecule has 174 valence electrons. The number of carbonyl (C=O) groups is 1. The number of nitrogens with zero attached hydrogens (tertiary/aromatic N) is 3.